The molecule has 0 aliphatic rings. The van der Waals surface area contributed by atoms with E-state index in [2.05, 4.69) is 11.9 Å². The smallest absolute Gasteiger partial charge is 0.106 e. The molecule has 1 rings (SSSR count). The Balaban J connectivity index is 0. The van der Waals surface area contributed by atoms with Crippen molar-refractivity contribution in [2.75, 3.05) is 7.11 Å². The largest absolute Gasteiger partial charge is 0.400 e. The molecule has 0 amide bonds. The molecule has 0 aliphatic carbocycles. The van der Waals surface area contributed by atoms with Crippen molar-refractivity contribution in [1.29, 1.82) is 0 Å². The lowest BCUT2D eigenvalue weighted by atomic mass is 10.3. The van der Waals surface area contributed by atoms with Gasteiger partial charge < -0.3 is 9.90 Å². The summed E-state index contributed by atoms with van der Waals surface area (Å²) in [5.41, 5.74) is 2.28. The minimum atomic E-state index is 1.00. The van der Waals surface area contributed by atoms with E-state index < -0.39 is 0 Å². The third kappa shape index (κ3) is 7.15. The van der Waals surface area contributed by atoms with Gasteiger partial charge in [0.15, 0.2) is 0 Å². The summed E-state index contributed by atoms with van der Waals surface area (Å²) in [6.07, 6.45) is 1.03. The SMILES string of the molecule is C=O.CCc1cccc(C)n1.CO. The number of aromatic nitrogens is 1. The molecule has 0 bridgehead atoms. The first-order valence-corrected chi connectivity index (χ1v) is 3.99. The lowest BCUT2D eigenvalue weighted by molar-refractivity contribution is -0.0979. The second kappa shape index (κ2) is 10.8. The van der Waals surface area contributed by atoms with Gasteiger partial charge in [0, 0.05) is 18.5 Å². The summed E-state index contributed by atoms with van der Waals surface area (Å²) in [4.78, 5) is 12.3. The molecular weight excluding hydrogens is 166 g/mol. The van der Waals surface area contributed by atoms with E-state index in [1.165, 1.54) is 5.69 Å². The fraction of sp³-hybridized carbons (Fsp3) is 0.400. The number of aliphatic hydroxyl groups is 1. The third-order valence-electron chi connectivity index (χ3n) is 1.31. The molecule has 0 saturated heterocycles. The average Bonchev–Trinajstić information content (AvgIpc) is 2.24. The maximum atomic E-state index is 8.00. The van der Waals surface area contributed by atoms with Gasteiger partial charge in [-0.2, -0.15) is 0 Å². The Hall–Kier alpha value is -1.22. The van der Waals surface area contributed by atoms with Gasteiger partial charge in [-0.05, 0) is 25.5 Å². The second-order valence-electron chi connectivity index (χ2n) is 2.12. The topological polar surface area (TPSA) is 50.2 Å². The molecular formula is C10H17NO2. The molecule has 0 fully saturated rings. The third-order valence-corrected chi connectivity index (χ3v) is 1.31. The van der Waals surface area contributed by atoms with Gasteiger partial charge in [-0.1, -0.05) is 13.0 Å². The Morgan fingerprint density at radius 2 is 1.92 bits per heavy atom. The van der Waals surface area contributed by atoms with Crippen LogP contribution in [0.25, 0.3) is 0 Å². The molecule has 0 unspecified atom stereocenters. The molecule has 0 radical (unpaired) electrons. The summed E-state index contributed by atoms with van der Waals surface area (Å²) in [5.74, 6) is 0. The normalized spacial score (nSPS) is 7.38. The van der Waals surface area contributed by atoms with Crippen molar-refractivity contribution in [3.8, 4) is 0 Å². The molecule has 0 aliphatic heterocycles. The fourth-order valence-electron chi connectivity index (χ4n) is 0.796. The average molecular weight is 183 g/mol. The van der Waals surface area contributed by atoms with E-state index in [1.54, 1.807) is 0 Å². The highest BCUT2D eigenvalue weighted by Gasteiger charge is 1.87. The lowest BCUT2D eigenvalue weighted by Crippen LogP contribution is -1.87. The van der Waals surface area contributed by atoms with E-state index in [9.17, 15) is 0 Å². The number of carbonyl (C=O) groups excluding carboxylic acids is 1. The summed E-state index contributed by atoms with van der Waals surface area (Å²) in [6.45, 7) is 6.13. The predicted molar refractivity (Wildman–Crippen MR) is 53.6 cm³/mol. The molecule has 0 saturated carbocycles. The van der Waals surface area contributed by atoms with Crippen LogP contribution in [-0.2, 0) is 11.2 Å². The van der Waals surface area contributed by atoms with Crippen LogP contribution >= 0.6 is 0 Å². The molecule has 74 valence electrons. The first-order chi connectivity index (χ1) is 6.33. The van der Waals surface area contributed by atoms with Gasteiger partial charge in [0.25, 0.3) is 0 Å². The van der Waals surface area contributed by atoms with Crippen molar-refractivity contribution < 1.29 is 9.90 Å². The maximum absolute atomic E-state index is 8.00. The number of hydrogen-bond donors (Lipinski definition) is 1. The summed E-state index contributed by atoms with van der Waals surface area (Å²) in [7, 11) is 1.00. The molecule has 1 N–H and O–H groups in total. The maximum Gasteiger partial charge on any atom is 0.106 e. The minimum absolute atomic E-state index is 1.00. The number of hydrogen-bond acceptors (Lipinski definition) is 3. The van der Waals surface area contributed by atoms with Crippen LogP contribution in [0.3, 0.4) is 0 Å². The second-order valence-corrected chi connectivity index (χ2v) is 2.12. The van der Waals surface area contributed by atoms with Crippen molar-refractivity contribution in [1.82, 2.24) is 4.98 Å². The van der Waals surface area contributed by atoms with E-state index in [0.29, 0.717) is 0 Å². The van der Waals surface area contributed by atoms with Crippen LogP contribution in [0.1, 0.15) is 18.3 Å². The summed E-state index contributed by atoms with van der Waals surface area (Å²) >= 11 is 0. The Kier molecular flexibility index (Phi) is 11.9. The van der Waals surface area contributed by atoms with E-state index in [0.717, 1.165) is 19.2 Å². The van der Waals surface area contributed by atoms with Crippen molar-refractivity contribution in [3.05, 3.63) is 29.6 Å². The molecule has 3 nitrogen and oxygen atoms in total. The highest BCUT2D eigenvalue weighted by molar-refractivity contribution is 5.11. The van der Waals surface area contributed by atoms with Gasteiger partial charge in [-0.3, -0.25) is 4.98 Å². The van der Waals surface area contributed by atoms with E-state index >= 15 is 0 Å². The zero-order valence-electron chi connectivity index (χ0n) is 8.45. The number of pyridine rings is 1. The zero-order valence-corrected chi connectivity index (χ0v) is 8.45. The van der Waals surface area contributed by atoms with Crippen LogP contribution in [0.5, 0.6) is 0 Å². The molecule has 0 atom stereocenters. The monoisotopic (exact) mass is 183 g/mol. The van der Waals surface area contributed by atoms with Gasteiger partial charge >= 0.3 is 0 Å². The van der Waals surface area contributed by atoms with Crippen LogP contribution in [0.4, 0.5) is 0 Å². The molecule has 13 heavy (non-hydrogen) atoms. The number of aliphatic hydroxyl groups excluding tert-OH is 1. The van der Waals surface area contributed by atoms with Gasteiger partial charge in [0.2, 0.25) is 0 Å². The fourth-order valence-corrected chi connectivity index (χ4v) is 0.796. The van der Waals surface area contributed by atoms with Gasteiger partial charge in [0.1, 0.15) is 6.79 Å². The van der Waals surface area contributed by atoms with E-state index in [-0.39, 0.29) is 0 Å². The van der Waals surface area contributed by atoms with Crippen molar-refractivity contribution in [3.63, 3.8) is 0 Å². The molecule has 1 aromatic heterocycles. The quantitative estimate of drug-likeness (QED) is 0.715. The van der Waals surface area contributed by atoms with Crippen LogP contribution in [-0.4, -0.2) is 24.0 Å². The molecule has 1 aromatic rings. The standard InChI is InChI=1S/C8H11N.CH4O.CH2O/c1-3-8-6-4-5-7(2)9-8;2*1-2/h4-6H,3H2,1-2H3;2H,1H3;1H2. The molecule has 3 heteroatoms. The van der Waals surface area contributed by atoms with Crippen LogP contribution in [0.15, 0.2) is 18.2 Å². The Morgan fingerprint density at radius 3 is 2.23 bits per heavy atom. The highest BCUT2D eigenvalue weighted by Crippen LogP contribution is 1.97. The highest BCUT2D eigenvalue weighted by atomic mass is 16.2. The number of aryl methyl sites for hydroxylation is 2. The van der Waals surface area contributed by atoms with Crippen molar-refractivity contribution >= 4 is 6.79 Å². The van der Waals surface area contributed by atoms with Crippen LogP contribution in [0.2, 0.25) is 0 Å². The number of nitrogens with zero attached hydrogens (tertiary/aromatic N) is 1. The van der Waals surface area contributed by atoms with Crippen LogP contribution in [0, 0.1) is 6.92 Å². The molecule has 1 heterocycles. The lowest BCUT2D eigenvalue weighted by Gasteiger charge is -1.94. The number of carbonyl (C=O) groups is 1. The van der Waals surface area contributed by atoms with Crippen LogP contribution < -0.4 is 0 Å². The number of rotatable bonds is 1. The molecule has 0 spiro atoms. The van der Waals surface area contributed by atoms with Gasteiger partial charge in [0.05, 0.1) is 0 Å². The summed E-state index contributed by atoms with van der Waals surface area (Å²) in [6, 6.07) is 6.10. The molecule has 0 aromatic carbocycles. The summed E-state index contributed by atoms with van der Waals surface area (Å²) < 4.78 is 0. The Labute approximate surface area is 79.4 Å². The van der Waals surface area contributed by atoms with Crippen molar-refractivity contribution in [2.24, 2.45) is 0 Å². The van der Waals surface area contributed by atoms with Gasteiger partial charge in [-0.25, -0.2) is 0 Å². The Morgan fingerprint density at radius 1 is 1.38 bits per heavy atom. The first kappa shape index (κ1) is 14.3. The van der Waals surface area contributed by atoms with E-state index in [1.807, 2.05) is 31.9 Å². The summed E-state index contributed by atoms with van der Waals surface area (Å²) in [5, 5.41) is 7.00. The van der Waals surface area contributed by atoms with E-state index in [4.69, 9.17) is 9.90 Å². The minimum Gasteiger partial charge on any atom is -0.400 e. The zero-order chi connectivity index (χ0) is 10.7. The first-order valence-electron chi connectivity index (χ1n) is 3.99. The predicted octanol–water partition coefficient (Wildman–Crippen LogP) is 1.38. The van der Waals surface area contributed by atoms with Crippen molar-refractivity contribution in [2.45, 2.75) is 20.3 Å². The Bertz CT molecular complexity index is 214. The van der Waals surface area contributed by atoms with Gasteiger partial charge in [-0.15, -0.1) is 0 Å².